The Bertz CT molecular complexity index is 561. The molecule has 1 amide bonds. The van der Waals surface area contributed by atoms with Gasteiger partial charge in [0.1, 0.15) is 11.5 Å². The van der Waals surface area contributed by atoms with Gasteiger partial charge in [0, 0.05) is 32.1 Å². The first-order valence-corrected chi connectivity index (χ1v) is 9.47. The van der Waals surface area contributed by atoms with Crippen LogP contribution in [0.15, 0.2) is 24.3 Å². The Hall–Kier alpha value is -1.75. The van der Waals surface area contributed by atoms with Crippen LogP contribution in [0.1, 0.15) is 39.0 Å². The number of benzene rings is 1. The number of carbonyl (C=O) groups excluding carboxylic acids is 1. The summed E-state index contributed by atoms with van der Waals surface area (Å²) in [5, 5.41) is 0. The molecule has 2 fully saturated rings. The van der Waals surface area contributed by atoms with E-state index < -0.39 is 0 Å². The van der Waals surface area contributed by atoms with Gasteiger partial charge in [0.2, 0.25) is 5.91 Å². The molecule has 25 heavy (non-hydrogen) atoms. The van der Waals surface area contributed by atoms with Crippen LogP contribution in [0.25, 0.3) is 0 Å². The van der Waals surface area contributed by atoms with Crippen molar-refractivity contribution in [1.29, 1.82) is 0 Å². The zero-order chi connectivity index (χ0) is 17.6. The lowest BCUT2D eigenvalue weighted by molar-refractivity contribution is -0.130. The minimum atomic E-state index is 0.234. The number of nitrogens with zero attached hydrogens (tertiary/aromatic N) is 2. The molecule has 0 saturated carbocycles. The molecular weight excluding hydrogens is 316 g/mol. The largest absolute Gasteiger partial charge is 0.497 e. The van der Waals surface area contributed by atoms with Crippen LogP contribution in [0.4, 0.5) is 0 Å². The number of amides is 1. The van der Waals surface area contributed by atoms with Gasteiger partial charge in [-0.3, -0.25) is 9.69 Å². The molecule has 0 unspecified atom stereocenters. The summed E-state index contributed by atoms with van der Waals surface area (Å²) in [6.45, 7) is 5.56. The molecule has 0 radical (unpaired) electrons. The molecular formula is C20H30N2O3. The smallest absolute Gasteiger partial charge is 0.219 e. The van der Waals surface area contributed by atoms with Crippen LogP contribution in [-0.2, 0) is 4.79 Å². The Kier molecular flexibility index (Phi) is 6.19. The summed E-state index contributed by atoms with van der Waals surface area (Å²) in [4.78, 5) is 16.5. The predicted octanol–water partition coefficient (Wildman–Crippen LogP) is 2.94. The molecule has 2 atom stereocenters. The second-order valence-corrected chi connectivity index (χ2v) is 7.05. The molecule has 2 heterocycles. The van der Waals surface area contributed by atoms with Crippen molar-refractivity contribution in [2.24, 2.45) is 0 Å². The lowest BCUT2D eigenvalue weighted by atomic mass is 10.0. The first-order chi connectivity index (χ1) is 12.2. The molecule has 0 N–H and O–H groups in total. The van der Waals surface area contributed by atoms with E-state index in [1.54, 1.807) is 14.0 Å². The fraction of sp³-hybridized carbons (Fsp3) is 0.650. The van der Waals surface area contributed by atoms with Crippen LogP contribution < -0.4 is 9.47 Å². The molecule has 138 valence electrons. The van der Waals surface area contributed by atoms with Gasteiger partial charge in [-0.2, -0.15) is 0 Å². The molecule has 0 aliphatic carbocycles. The van der Waals surface area contributed by atoms with Crippen LogP contribution in [0.3, 0.4) is 0 Å². The van der Waals surface area contributed by atoms with E-state index in [0.717, 1.165) is 57.0 Å². The minimum Gasteiger partial charge on any atom is -0.497 e. The maximum absolute atomic E-state index is 11.9. The van der Waals surface area contributed by atoms with E-state index in [1.807, 2.05) is 24.3 Å². The second-order valence-electron chi connectivity index (χ2n) is 7.05. The SMILES string of the molecule is COc1ccc(OCCCN2CCC[C@H]2[C@@H]2CCCN2C(C)=O)cc1. The third-order valence-corrected chi connectivity index (χ3v) is 5.48. The molecule has 1 aromatic rings. The van der Waals surface area contributed by atoms with Crippen LogP contribution in [0.2, 0.25) is 0 Å². The molecule has 3 rings (SSSR count). The van der Waals surface area contributed by atoms with Gasteiger partial charge in [-0.1, -0.05) is 0 Å². The van der Waals surface area contributed by atoms with Crippen molar-refractivity contribution >= 4 is 5.91 Å². The molecule has 0 bridgehead atoms. The highest BCUT2D eigenvalue weighted by Crippen LogP contribution is 2.30. The van der Waals surface area contributed by atoms with Crippen molar-refractivity contribution < 1.29 is 14.3 Å². The molecule has 1 aromatic carbocycles. The lowest BCUT2D eigenvalue weighted by Gasteiger charge is -2.34. The van der Waals surface area contributed by atoms with Crippen molar-refractivity contribution in [2.45, 2.75) is 51.1 Å². The predicted molar refractivity (Wildman–Crippen MR) is 98.1 cm³/mol. The number of hydrogen-bond donors (Lipinski definition) is 0. The molecule has 2 saturated heterocycles. The van der Waals surface area contributed by atoms with Crippen LogP contribution in [0, 0.1) is 0 Å². The molecule has 5 nitrogen and oxygen atoms in total. The van der Waals surface area contributed by atoms with E-state index in [-0.39, 0.29) is 5.91 Å². The van der Waals surface area contributed by atoms with Crippen molar-refractivity contribution in [2.75, 3.05) is 33.4 Å². The van der Waals surface area contributed by atoms with Crippen LogP contribution >= 0.6 is 0 Å². The lowest BCUT2D eigenvalue weighted by Crippen LogP contribution is -2.48. The van der Waals surface area contributed by atoms with E-state index in [0.29, 0.717) is 12.1 Å². The fourth-order valence-corrected chi connectivity index (χ4v) is 4.28. The summed E-state index contributed by atoms with van der Waals surface area (Å²) in [7, 11) is 1.67. The maximum atomic E-state index is 11.9. The topological polar surface area (TPSA) is 42.0 Å². The van der Waals surface area contributed by atoms with E-state index in [2.05, 4.69) is 9.80 Å². The van der Waals surface area contributed by atoms with Gasteiger partial charge in [0.15, 0.2) is 0 Å². The first kappa shape index (κ1) is 18.1. The quantitative estimate of drug-likeness (QED) is 0.712. The molecule has 0 aromatic heterocycles. The zero-order valence-corrected chi connectivity index (χ0v) is 15.4. The average molecular weight is 346 g/mol. The summed E-state index contributed by atoms with van der Waals surface area (Å²) in [6.07, 6.45) is 5.77. The summed E-state index contributed by atoms with van der Waals surface area (Å²) in [6, 6.07) is 8.68. The third kappa shape index (κ3) is 4.46. The summed E-state index contributed by atoms with van der Waals surface area (Å²) < 4.78 is 11.0. The fourth-order valence-electron chi connectivity index (χ4n) is 4.28. The Morgan fingerprint density at radius 1 is 1.08 bits per heavy atom. The minimum absolute atomic E-state index is 0.234. The van der Waals surface area contributed by atoms with Crippen molar-refractivity contribution in [1.82, 2.24) is 9.80 Å². The summed E-state index contributed by atoms with van der Waals surface area (Å²) in [5.74, 6) is 1.97. The van der Waals surface area contributed by atoms with Gasteiger partial charge in [-0.05, 0) is 62.9 Å². The number of likely N-dealkylation sites (tertiary alicyclic amines) is 2. The Balaban J connectivity index is 1.44. The number of rotatable bonds is 7. The molecule has 2 aliphatic rings. The normalized spacial score (nSPS) is 23.8. The number of carbonyl (C=O) groups is 1. The highest BCUT2D eigenvalue weighted by atomic mass is 16.5. The van der Waals surface area contributed by atoms with Crippen molar-refractivity contribution in [3.05, 3.63) is 24.3 Å². The van der Waals surface area contributed by atoms with Gasteiger partial charge >= 0.3 is 0 Å². The second kappa shape index (κ2) is 8.56. The Labute approximate surface area is 150 Å². The van der Waals surface area contributed by atoms with Gasteiger partial charge in [0.05, 0.1) is 13.7 Å². The van der Waals surface area contributed by atoms with Gasteiger partial charge in [-0.25, -0.2) is 0 Å². The molecule has 0 spiro atoms. The monoisotopic (exact) mass is 346 g/mol. The van der Waals surface area contributed by atoms with Crippen molar-refractivity contribution in [3.63, 3.8) is 0 Å². The first-order valence-electron chi connectivity index (χ1n) is 9.47. The van der Waals surface area contributed by atoms with Crippen molar-refractivity contribution in [3.8, 4) is 11.5 Å². The number of ether oxygens (including phenoxy) is 2. The highest BCUT2D eigenvalue weighted by Gasteiger charge is 2.38. The number of hydrogen-bond acceptors (Lipinski definition) is 4. The zero-order valence-electron chi connectivity index (χ0n) is 15.4. The molecule has 2 aliphatic heterocycles. The third-order valence-electron chi connectivity index (χ3n) is 5.48. The van der Waals surface area contributed by atoms with Gasteiger partial charge in [-0.15, -0.1) is 0 Å². The maximum Gasteiger partial charge on any atom is 0.219 e. The summed E-state index contributed by atoms with van der Waals surface area (Å²) in [5.41, 5.74) is 0. The van der Waals surface area contributed by atoms with E-state index in [9.17, 15) is 4.79 Å². The number of methoxy groups -OCH3 is 1. The Morgan fingerprint density at radius 3 is 2.48 bits per heavy atom. The summed E-state index contributed by atoms with van der Waals surface area (Å²) >= 11 is 0. The highest BCUT2D eigenvalue weighted by molar-refractivity contribution is 5.74. The standard InChI is InChI=1S/C20H30N2O3/c1-16(23)22-14-4-7-20(22)19-6-3-12-21(19)13-5-15-25-18-10-8-17(24-2)9-11-18/h8-11,19-20H,3-7,12-15H2,1-2H3/t19-,20-/m0/s1. The van der Waals surface area contributed by atoms with Gasteiger partial charge < -0.3 is 14.4 Å². The van der Waals surface area contributed by atoms with E-state index >= 15 is 0 Å². The Morgan fingerprint density at radius 2 is 1.76 bits per heavy atom. The molecule has 5 heteroatoms. The van der Waals surface area contributed by atoms with E-state index in [4.69, 9.17) is 9.47 Å². The average Bonchev–Trinajstić information content (AvgIpc) is 3.27. The van der Waals surface area contributed by atoms with Crippen LogP contribution in [0.5, 0.6) is 11.5 Å². The van der Waals surface area contributed by atoms with Crippen LogP contribution in [-0.4, -0.2) is 61.1 Å². The van der Waals surface area contributed by atoms with E-state index in [1.165, 1.54) is 12.8 Å². The van der Waals surface area contributed by atoms with Gasteiger partial charge in [0.25, 0.3) is 0 Å².